The molecule has 164 valence electrons. The van der Waals surface area contributed by atoms with Crippen LogP contribution in [0.1, 0.15) is 22.7 Å². The average molecular weight is 431 g/mol. The molecule has 1 atom stereocenters. The summed E-state index contributed by atoms with van der Waals surface area (Å²) in [4.78, 5) is 30.6. The lowest BCUT2D eigenvalue weighted by molar-refractivity contribution is -0.128. The van der Waals surface area contributed by atoms with E-state index < -0.39 is 6.04 Å². The molecule has 1 fully saturated rings. The van der Waals surface area contributed by atoms with Crippen LogP contribution in [0.2, 0.25) is 0 Å². The van der Waals surface area contributed by atoms with Crippen molar-refractivity contribution >= 4 is 23.2 Å². The van der Waals surface area contributed by atoms with Gasteiger partial charge < -0.3 is 14.4 Å². The van der Waals surface area contributed by atoms with Gasteiger partial charge in [-0.25, -0.2) is 0 Å². The molecule has 4 rings (SSSR count). The zero-order valence-corrected chi connectivity index (χ0v) is 18.7. The van der Waals surface area contributed by atoms with Crippen molar-refractivity contribution < 1.29 is 19.1 Å². The van der Waals surface area contributed by atoms with E-state index in [1.165, 1.54) is 0 Å². The summed E-state index contributed by atoms with van der Waals surface area (Å²) in [5, 5.41) is 0. The van der Waals surface area contributed by atoms with Crippen LogP contribution in [0.25, 0.3) is 0 Å². The van der Waals surface area contributed by atoms with Crippen molar-refractivity contribution in [2.75, 3.05) is 30.6 Å². The lowest BCUT2D eigenvalue weighted by atomic mass is 9.97. The van der Waals surface area contributed by atoms with Gasteiger partial charge in [-0.2, -0.15) is 0 Å². The Balaban J connectivity index is 1.83. The maximum absolute atomic E-state index is 13.9. The fraction of sp³-hybridized carbons (Fsp3) is 0.231. The van der Waals surface area contributed by atoms with E-state index in [0.717, 1.165) is 22.4 Å². The highest BCUT2D eigenvalue weighted by Gasteiger charge is 2.42. The molecule has 0 aromatic heterocycles. The molecule has 0 aliphatic carbocycles. The van der Waals surface area contributed by atoms with Gasteiger partial charge in [0.2, 0.25) is 5.91 Å². The van der Waals surface area contributed by atoms with E-state index in [1.54, 1.807) is 60.4 Å². The Morgan fingerprint density at radius 1 is 0.781 bits per heavy atom. The summed E-state index contributed by atoms with van der Waals surface area (Å²) in [5.41, 5.74) is 4.07. The molecule has 0 radical (unpaired) electrons. The third-order valence-electron chi connectivity index (χ3n) is 5.81. The summed E-state index contributed by atoms with van der Waals surface area (Å²) in [6, 6.07) is 19.5. The predicted molar refractivity (Wildman–Crippen MR) is 124 cm³/mol. The number of piperazine rings is 1. The quantitative estimate of drug-likeness (QED) is 0.600. The number of rotatable bonds is 5. The second-order valence-electron chi connectivity index (χ2n) is 7.80. The van der Waals surface area contributed by atoms with Crippen molar-refractivity contribution in [3.05, 3.63) is 83.4 Å². The van der Waals surface area contributed by atoms with Crippen LogP contribution < -0.4 is 19.3 Å². The zero-order valence-electron chi connectivity index (χ0n) is 18.7. The molecule has 1 unspecified atom stereocenters. The third kappa shape index (κ3) is 3.80. The highest BCUT2D eigenvalue weighted by molar-refractivity contribution is 6.15. The van der Waals surface area contributed by atoms with Crippen LogP contribution in [0.4, 0.5) is 11.4 Å². The molecule has 0 saturated carbocycles. The summed E-state index contributed by atoms with van der Waals surface area (Å²) >= 11 is 0. The summed E-state index contributed by atoms with van der Waals surface area (Å²) in [6.45, 7) is 3.89. The van der Waals surface area contributed by atoms with E-state index in [4.69, 9.17) is 9.47 Å². The van der Waals surface area contributed by atoms with Gasteiger partial charge in [-0.1, -0.05) is 30.3 Å². The molecule has 6 nitrogen and oxygen atoms in total. The lowest BCUT2D eigenvalue weighted by Gasteiger charge is -2.41. The highest BCUT2D eigenvalue weighted by atomic mass is 16.5. The minimum absolute atomic E-state index is 0.0246. The van der Waals surface area contributed by atoms with Gasteiger partial charge in [-0.3, -0.25) is 14.5 Å². The number of carbonyl (C=O) groups excluding carboxylic acids is 2. The summed E-state index contributed by atoms with van der Waals surface area (Å²) in [5.74, 6) is 1.06. The Morgan fingerprint density at radius 3 is 1.84 bits per heavy atom. The minimum Gasteiger partial charge on any atom is -0.497 e. The predicted octanol–water partition coefficient (Wildman–Crippen LogP) is 4.44. The molecule has 6 heteroatoms. The van der Waals surface area contributed by atoms with Crippen molar-refractivity contribution in [3.63, 3.8) is 0 Å². The van der Waals surface area contributed by atoms with Crippen LogP contribution in [-0.4, -0.2) is 32.6 Å². The van der Waals surface area contributed by atoms with Crippen molar-refractivity contribution in [2.45, 2.75) is 19.9 Å². The number of nitrogens with zero attached hydrogens (tertiary/aromatic N) is 2. The van der Waals surface area contributed by atoms with Crippen molar-refractivity contribution in [3.8, 4) is 11.5 Å². The maximum atomic E-state index is 13.9. The van der Waals surface area contributed by atoms with Crippen molar-refractivity contribution in [2.24, 2.45) is 0 Å². The smallest absolute Gasteiger partial charge is 0.255 e. The normalized spacial score (nSPS) is 16.3. The molecule has 1 aliphatic heterocycles. The van der Waals surface area contributed by atoms with Gasteiger partial charge in [0.25, 0.3) is 5.91 Å². The topological polar surface area (TPSA) is 59.1 Å². The van der Waals surface area contributed by atoms with Gasteiger partial charge >= 0.3 is 0 Å². The molecule has 1 heterocycles. The first-order chi connectivity index (χ1) is 15.4. The number of amides is 2. The van der Waals surface area contributed by atoms with Gasteiger partial charge in [-0.15, -0.1) is 0 Å². The fourth-order valence-corrected chi connectivity index (χ4v) is 4.23. The molecule has 32 heavy (non-hydrogen) atoms. The molecule has 3 aromatic rings. The first-order valence-electron chi connectivity index (χ1n) is 10.4. The van der Waals surface area contributed by atoms with Crippen LogP contribution in [-0.2, 0) is 9.59 Å². The van der Waals surface area contributed by atoms with Crippen molar-refractivity contribution in [1.82, 2.24) is 0 Å². The van der Waals surface area contributed by atoms with E-state index >= 15 is 0 Å². The summed E-state index contributed by atoms with van der Waals surface area (Å²) < 4.78 is 10.5. The van der Waals surface area contributed by atoms with Gasteiger partial charge in [0.05, 0.1) is 19.9 Å². The largest absolute Gasteiger partial charge is 0.497 e. The zero-order chi connectivity index (χ0) is 22.8. The Bertz CT molecular complexity index is 1120. The molecule has 1 aliphatic rings. The number of anilines is 2. The van der Waals surface area contributed by atoms with Crippen LogP contribution in [0.5, 0.6) is 11.5 Å². The first kappa shape index (κ1) is 21.4. The number of para-hydroxylation sites is 1. The minimum atomic E-state index is -0.797. The second kappa shape index (κ2) is 8.75. The van der Waals surface area contributed by atoms with Gasteiger partial charge in [0.15, 0.2) is 0 Å². The molecule has 3 aromatic carbocycles. The Kier molecular flexibility index (Phi) is 5.86. The van der Waals surface area contributed by atoms with E-state index in [9.17, 15) is 9.59 Å². The van der Waals surface area contributed by atoms with Crippen LogP contribution >= 0.6 is 0 Å². The number of aryl methyl sites for hydroxylation is 2. The number of methoxy groups -OCH3 is 2. The summed E-state index contributed by atoms with van der Waals surface area (Å²) in [6.07, 6.45) is 0. The lowest BCUT2D eigenvalue weighted by Crippen LogP contribution is -2.56. The number of hydrogen-bond acceptors (Lipinski definition) is 4. The van der Waals surface area contributed by atoms with Crippen LogP contribution in [0, 0.1) is 13.8 Å². The van der Waals surface area contributed by atoms with Crippen LogP contribution in [0.3, 0.4) is 0 Å². The Labute approximate surface area is 188 Å². The Morgan fingerprint density at radius 2 is 1.31 bits per heavy atom. The van der Waals surface area contributed by atoms with E-state index in [1.807, 2.05) is 44.2 Å². The molecule has 0 bridgehead atoms. The van der Waals surface area contributed by atoms with E-state index in [2.05, 4.69) is 0 Å². The number of ether oxygens (including phenoxy) is 2. The van der Waals surface area contributed by atoms with Gasteiger partial charge in [-0.05, 0) is 66.9 Å². The molecule has 0 spiro atoms. The summed E-state index contributed by atoms with van der Waals surface area (Å²) in [7, 11) is 3.18. The fourth-order valence-electron chi connectivity index (χ4n) is 4.23. The maximum Gasteiger partial charge on any atom is 0.255 e. The molecule has 2 amide bonds. The van der Waals surface area contributed by atoms with Gasteiger partial charge in [0, 0.05) is 5.69 Å². The molecular weight excluding hydrogens is 404 g/mol. The van der Waals surface area contributed by atoms with E-state index in [0.29, 0.717) is 17.2 Å². The molecule has 0 N–H and O–H groups in total. The van der Waals surface area contributed by atoms with Gasteiger partial charge in [0.1, 0.15) is 24.1 Å². The monoisotopic (exact) mass is 430 g/mol. The number of benzene rings is 3. The number of hydrogen-bond donors (Lipinski definition) is 0. The molecular formula is C26H26N2O4. The number of carbonyl (C=O) groups is 2. The highest BCUT2D eigenvalue weighted by Crippen LogP contribution is 2.37. The second-order valence-corrected chi connectivity index (χ2v) is 7.80. The van der Waals surface area contributed by atoms with E-state index in [-0.39, 0.29) is 18.4 Å². The third-order valence-corrected chi connectivity index (χ3v) is 5.81. The molecule has 1 saturated heterocycles. The van der Waals surface area contributed by atoms with Crippen LogP contribution in [0.15, 0.2) is 66.7 Å². The standard InChI is InChI=1S/C26H26N2O4/c1-17-6-5-7-18(2)24(17)27-16-23(29)28(20-10-14-22(32-4)15-11-20)25(26(27)30)19-8-12-21(31-3)13-9-19/h5-15,25H,16H2,1-4H3. The average Bonchev–Trinajstić information content (AvgIpc) is 2.81. The Hall–Kier alpha value is -3.80. The van der Waals surface area contributed by atoms with Crippen molar-refractivity contribution in [1.29, 1.82) is 0 Å². The first-order valence-corrected chi connectivity index (χ1v) is 10.4. The SMILES string of the molecule is COc1ccc(C2C(=O)N(c3c(C)cccc3C)CC(=O)N2c2ccc(OC)cc2)cc1.